The molecule has 6 heteroatoms. The van der Waals surface area contributed by atoms with Crippen molar-refractivity contribution < 1.29 is 9.15 Å². The highest BCUT2D eigenvalue weighted by molar-refractivity contribution is 5.85. The fraction of sp³-hybridized carbons (Fsp3) is 0.440. The van der Waals surface area contributed by atoms with E-state index in [1.807, 2.05) is 24.3 Å². The van der Waals surface area contributed by atoms with Crippen molar-refractivity contribution in [2.75, 3.05) is 26.2 Å². The summed E-state index contributed by atoms with van der Waals surface area (Å²) in [6.07, 6.45) is 12.2. The highest BCUT2D eigenvalue weighted by Gasteiger charge is 2.10. The summed E-state index contributed by atoms with van der Waals surface area (Å²) < 4.78 is 11.8. The van der Waals surface area contributed by atoms with Gasteiger partial charge < -0.3 is 14.1 Å². The molecule has 0 amide bonds. The minimum Gasteiger partial charge on any atom is -0.494 e. The van der Waals surface area contributed by atoms with E-state index in [0.29, 0.717) is 23.3 Å². The van der Waals surface area contributed by atoms with Gasteiger partial charge in [0, 0.05) is 24.0 Å². The number of unbranched alkanes of at least 4 members (excludes halogenated alkanes) is 3. The van der Waals surface area contributed by atoms with Gasteiger partial charge in [-0.25, -0.2) is 0 Å². The number of ether oxygens (including phenoxy) is 1. The minimum atomic E-state index is -0.0711. The lowest BCUT2D eigenvalue weighted by Gasteiger charge is -2.26. The minimum absolute atomic E-state index is 0. The van der Waals surface area contributed by atoms with Gasteiger partial charge in [-0.3, -0.25) is 9.78 Å². The van der Waals surface area contributed by atoms with E-state index < -0.39 is 0 Å². The van der Waals surface area contributed by atoms with Crippen LogP contribution in [0.2, 0.25) is 0 Å². The van der Waals surface area contributed by atoms with Crippen molar-refractivity contribution in [3.63, 3.8) is 0 Å². The van der Waals surface area contributed by atoms with E-state index in [0.717, 1.165) is 17.7 Å². The second-order valence-corrected chi connectivity index (χ2v) is 8.04. The number of hydrogen-bond acceptors (Lipinski definition) is 5. The van der Waals surface area contributed by atoms with Gasteiger partial charge in [-0.15, -0.1) is 12.4 Å². The van der Waals surface area contributed by atoms with Crippen LogP contribution in [0, 0.1) is 0 Å². The van der Waals surface area contributed by atoms with Crippen LogP contribution in [0.1, 0.15) is 44.9 Å². The average molecular weight is 443 g/mol. The molecule has 0 bridgehead atoms. The molecule has 5 nitrogen and oxygen atoms in total. The van der Waals surface area contributed by atoms with Crippen LogP contribution in [0.5, 0.6) is 5.75 Å². The first-order valence-corrected chi connectivity index (χ1v) is 11.1. The summed E-state index contributed by atoms with van der Waals surface area (Å²) >= 11 is 0. The molecule has 0 saturated carbocycles. The monoisotopic (exact) mass is 442 g/mol. The number of pyridine rings is 1. The summed E-state index contributed by atoms with van der Waals surface area (Å²) in [6, 6.07) is 10.7. The number of benzene rings is 1. The number of hydrogen-bond donors (Lipinski definition) is 0. The third-order valence-electron chi connectivity index (χ3n) is 5.73. The van der Waals surface area contributed by atoms with Gasteiger partial charge in [0.1, 0.15) is 17.1 Å². The zero-order valence-corrected chi connectivity index (χ0v) is 18.7. The molecule has 31 heavy (non-hydrogen) atoms. The van der Waals surface area contributed by atoms with Gasteiger partial charge in [0.2, 0.25) is 0 Å². The maximum absolute atomic E-state index is 12.6. The Morgan fingerprint density at radius 1 is 1.00 bits per heavy atom. The number of likely N-dealkylation sites (tertiary alicyclic amines) is 1. The van der Waals surface area contributed by atoms with Gasteiger partial charge in [0.15, 0.2) is 5.43 Å². The molecule has 0 aliphatic carbocycles. The van der Waals surface area contributed by atoms with Crippen molar-refractivity contribution in [1.82, 2.24) is 9.88 Å². The van der Waals surface area contributed by atoms with Gasteiger partial charge >= 0.3 is 0 Å². The van der Waals surface area contributed by atoms with E-state index in [1.54, 1.807) is 18.5 Å². The summed E-state index contributed by atoms with van der Waals surface area (Å²) in [5, 5.41) is 0.543. The molecule has 1 saturated heterocycles. The van der Waals surface area contributed by atoms with Crippen molar-refractivity contribution in [2.24, 2.45) is 0 Å². The first-order chi connectivity index (χ1) is 14.8. The molecule has 0 unspecified atom stereocenters. The smallest absolute Gasteiger partial charge is 0.193 e. The molecule has 0 spiro atoms. The van der Waals surface area contributed by atoms with Gasteiger partial charge in [-0.2, -0.15) is 0 Å². The fourth-order valence-electron chi connectivity index (χ4n) is 4.04. The third kappa shape index (κ3) is 6.55. The first kappa shape index (κ1) is 23.3. The number of nitrogens with zero attached hydrogens (tertiary/aromatic N) is 2. The third-order valence-corrected chi connectivity index (χ3v) is 5.73. The van der Waals surface area contributed by atoms with E-state index in [2.05, 4.69) is 9.88 Å². The maximum Gasteiger partial charge on any atom is 0.193 e. The Morgan fingerprint density at radius 2 is 1.84 bits per heavy atom. The van der Waals surface area contributed by atoms with Crippen molar-refractivity contribution in [3.05, 3.63) is 59.0 Å². The average Bonchev–Trinajstić information content (AvgIpc) is 2.80. The van der Waals surface area contributed by atoms with Gasteiger partial charge in [0.25, 0.3) is 0 Å². The van der Waals surface area contributed by atoms with Crippen LogP contribution in [0.25, 0.3) is 22.3 Å². The molecule has 4 rings (SSSR count). The van der Waals surface area contributed by atoms with Crippen LogP contribution >= 0.6 is 12.4 Å². The first-order valence-electron chi connectivity index (χ1n) is 11.1. The van der Waals surface area contributed by atoms with E-state index in [4.69, 9.17) is 9.15 Å². The van der Waals surface area contributed by atoms with E-state index >= 15 is 0 Å². The van der Waals surface area contributed by atoms with Crippen LogP contribution < -0.4 is 10.2 Å². The second kappa shape index (κ2) is 11.9. The van der Waals surface area contributed by atoms with E-state index in [-0.39, 0.29) is 17.8 Å². The Balaban J connectivity index is 0.00000272. The summed E-state index contributed by atoms with van der Waals surface area (Å²) in [6.45, 7) is 4.47. The van der Waals surface area contributed by atoms with Crippen LogP contribution in [-0.2, 0) is 0 Å². The lowest BCUT2D eigenvalue weighted by atomic mass is 10.1. The zero-order chi connectivity index (χ0) is 20.6. The number of halogens is 1. The topological polar surface area (TPSA) is 55.6 Å². The molecule has 0 atom stereocenters. The lowest BCUT2D eigenvalue weighted by molar-refractivity contribution is 0.223. The Bertz CT molecular complexity index is 1000. The Kier molecular flexibility index (Phi) is 8.92. The number of piperidine rings is 1. The molecule has 1 aliphatic rings. The van der Waals surface area contributed by atoms with Crippen LogP contribution in [-0.4, -0.2) is 36.1 Å². The molecule has 3 aromatic rings. The molecule has 166 valence electrons. The van der Waals surface area contributed by atoms with Crippen LogP contribution in [0.3, 0.4) is 0 Å². The predicted octanol–water partition coefficient (Wildman–Crippen LogP) is 5.70. The quantitative estimate of drug-likeness (QED) is 0.398. The van der Waals surface area contributed by atoms with E-state index in [1.165, 1.54) is 64.2 Å². The molecule has 1 aromatic carbocycles. The Morgan fingerprint density at radius 3 is 2.65 bits per heavy atom. The second-order valence-electron chi connectivity index (χ2n) is 8.04. The summed E-state index contributed by atoms with van der Waals surface area (Å²) in [5.41, 5.74) is 1.28. The van der Waals surface area contributed by atoms with Crippen molar-refractivity contribution in [1.29, 1.82) is 0 Å². The van der Waals surface area contributed by atoms with Crippen LogP contribution in [0.4, 0.5) is 0 Å². The van der Waals surface area contributed by atoms with Gasteiger partial charge in [-0.05, 0) is 75.6 Å². The molecule has 0 radical (unpaired) electrons. The predicted molar refractivity (Wildman–Crippen MR) is 127 cm³/mol. The Hall–Kier alpha value is -2.37. The largest absolute Gasteiger partial charge is 0.494 e. The van der Waals surface area contributed by atoms with Gasteiger partial charge in [-0.1, -0.05) is 19.3 Å². The normalized spacial score (nSPS) is 14.3. The molecule has 1 aliphatic heterocycles. The molecular formula is C25H31ClN2O3. The van der Waals surface area contributed by atoms with Crippen molar-refractivity contribution in [3.8, 4) is 17.1 Å². The van der Waals surface area contributed by atoms with Crippen molar-refractivity contribution >= 4 is 23.4 Å². The molecule has 2 aromatic heterocycles. The zero-order valence-electron chi connectivity index (χ0n) is 17.9. The summed E-state index contributed by atoms with van der Waals surface area (Å²) in [5.74, 6) is 1.25. The summed E-state index contributed by atoms with van der Waals surface area (Å²) in [4.78, 5) is 19.2. The highest BCUT2D eigenvalue weighted by atomic mass is 35.5. The lowest BCUT2D eigenvalue weighted by Crippen LogP contribution is -2.30. The van der Waals surface area contributed by atoms with Crippen LogP contribution in [0.15, 0.2) is 58.0 Å². The van der Waals surface area contributed by atoms with E-state index in [9.17, 15) is 4.79 Å². The fourth-order valence-corrected chi connectivity index (χ4v) is 4.04. The van der Waals surface area contributed by atoms with Gasteiger partial charge in [0.05, 0.1) is 12.0 Å². The molecule has 3 heterocycles. The number of rotatable bonds is 9. The SMILES string of the molecule is Cl.O=c1cc(-c2cccnc2)oc2ccc(OCCCCCCN3CCCCC3)cc12. The summed E-state index contributed by atoms with van der Waals surface area (Å²) in [7, 11) is 0. The standard InChI is InChI=1S/C25H30N2O3.ClH/c28-23-18-25(20-9-8-12-26-19-20)30-24-11-10-21(17-22(23)24)29-16-7-2-1-4-13-27-14-5-3-6-15-27;/h8-12,17-19H,1-7,13-16H2;1H. The molecular weight excluding hydrogens is 412 g/mol. The molecule has 0 N–H and O–H groups in total. The maximum atomic E-state index is 12.6. The number of fused-ring (bicyclic) bond motifs is 1. The Labute approximate surface area is 189 Å². The highest BCUT2D eigenvalue weighted by Crippen LogP contribution is 2.24. The van der Waals surface area contributed by atoms with Crippen molar-refractivity contribution in [2.45, 2.75) is 44.9 Å². The number of aromatic nitrogens is 1. The molecule has 1 fully saturated rings.